The van der Waals surface area contributed by atoms with Crippen LogP contribution in [0.4, 0.5) is 5.95 Å². The molecular weight excluding hydrogens is 1070 g/mol. The molecule has 0 radical (unpaired) electrons. The van der Waals surface area contributed by atoms with Crippen molar-refractivity contribution in [1.82, 2.24) is 25.1 Å². The lowest BCUT2D eigenvalue weighted by molar-refractivity contribution is -0.265. The molecule has 5 aliphatic rings. The van der Waals surface area contributed by atoms with Crippen molar-refractivity contribution in [2.75, 3.05) is 72.6 Å². The third-order valence-electron chi connectivity index (χ3n) is 18.0. The minimum absolute atomic E-state index is 0.00836. The number of cyclic esters (lactones) is 1. The smallest absolute Gasteiger partial charge is 0.329 e. The fourth-order valence-electron chi connectivity index (χ4n) is 12.4. The van der Waals surface area contributed by atoms with Crippen LogP contribution in [0.2, 0.25) is 0 Å². The largest absolute Gasteiger partial charge is 0.461 e. The van der Waals surface area contributed by atoms with Crippen LogP contribution in [-0.4, -0.2) is 198 Å². The summed E-state index contributed by atoms with van der Waals surface area (Å²) in [5, 5.41) is 54.1. The van der Waals surface area contributed by atoms with Gasteiger partial charge in [-0.3, -0.25) is 14.4 Å². The SMILES string of the molecule is CO[C@H]1C[C@@H]2CC[C@@H](C)[C@@](O)(O2)C(=O)C(=O)N2CCCC[C@H]2C(=O)O[C@H](CC[C@@H]2CC[C@@H](O)[C@H](OC)C2)C[C@@H](O)[C@H](C)/C=C(\C)[C@@H](O)[C@@H](OC)/C(=N/OCC(=O)NCc2cnc(N3CCN(C)CC3)nc2)[C@H](C)C[C@H](C)CC/C=C/C=C/1C. The summed E-state index contributed by atoms with van der Waals surface area (Å²) in [5.74, 6) is -6.29. The number of esters is 1. The number of fused-ring (bicyclic) bond motifs is 3. The number of methoxy groups -OCH3 is 3. The number of hydrogen-bond acceptors (Lipinski definition) is 19. The standard InChI is InChI=1S/C62H99N7O14/c1-39-16-12-11-13-17-40(2)52(78-8)34-48-22-19-44(6)62(77,83-48)58(74)59(75)69-25-15-14-18-49(69)60(76)82-47(23-20-45-21-24-50(70)53(32-45)79-9)33-51(71)41(3)31-43(5)56(73)57(80-10)55(42(4)30-39)66-81-38-54(72)63-35-46-36-64-61(65-37-46)68-28-26-67(7)27-29-68/h11,13,17,31,36-37,39,41-42,44-45,47-53,56-57,70-71,73,77H,12,14-16,18-30,32-35,38H2,1-10H3,(H,63,72)/b13-11+,40-17+,43-31+,66-55+/t39-,41-,42-,44-,45-,47-,48+,49+,50-,51-,52+,53-,56-,57+,62-/m1/s1. The van der Waals surface area contributed by atoms with E-state index in [1.807, 2.05) is 26.0 Å². The number of nitrogens with one attached hydrogen (secondary N) is 1. The topological polar surface area (TPSA) is 264 Å². The highest BCUT2D eigenvalue weighted by molar-refractivity contribution is 6.39. The maximum Gasteiger partial charge on any atom is 0.329 e. The first kappa shape index (κ1) is 67.4. The van der Waals surface area contributed by atoms with E-state index in [1.165, 1.54) is 12.0 Å². The molecule has 5 N–H and O–H groups in total. The minimum atomic E-state index is -2.43. The molecule has 83 heavy (non-hydrogen) atoms. The molecule has 21 nitrogen and oxygen atoms in total. The van der Waals surface area contributed by atoms with Gasteiger partial charge >= 0.3 is 5.97 Å². The third-order valence-corrected chi connectivity index (χ3v) is 18.0. The predicted octanol–water partition coefficient (Wildman–Crippen LogP) is 5.61. The van der Waals surface area contributed by atoms with E-state index in [4.69, 9.17) is 28.5 Å². The van der Waals surface area contributed by atoms with Crippen LogP contribution < -0.4 is 10.2 Å². The molecule has 2 bridgehead atoms. The predicted molar refractivity (Wildman–Crippen MR) is 314 cm³/mol. The number of aliphatic hydroxyl groups excluding tert-OH is 3. The monoisotopic (exact) mass is 1170 g/mol. The number of aliphatic hydroxyl groups is 4. The van der Waals surface area contributed by atoms with Gasteiger partial charge in [0, 0.05) is 109 Å². The maximum atomic E-state index is 14.5. The van der Waals surface area contributed by atoms with Crippen molar-refractivity contribution in [3.05, 3.63) is 53.4 Å². The zero-order valence-corrected chi connectivity index (χ0v) is 51.2. The average molecular weight is 1170 g/mol. The Bertz CT molecular complexity index is 2360. The normalized spacial score (nSPS) is 36.2. The molecule has 0 spiro atoms. The van der Waals surface area contributed by atoms with Gasteiger partial charge in [-0.2, -0.15) is 0 Å². The molecule has 21 heteroatoms. The number of nitrogens with zero attached hydrogens (tertiary/aromatic N) is 6. The van der Waals surface area contributed by atoms with Crippen LogP contribution >= 0.6 is 0 Å². The number of hydrogen-bond donors (Lipinski definition) is 5. The highest BCUT2D eigenvalue weighted by Crippen LogP contribution is 2.37. The minimum Gasteiger partial charge on any atom is -0.461 e. The number of amides is 2. The van der Waals surface area contributed by atoms with Gasteiger partial charge in [-0.25, -0.2) is 14.8 Å². The Balaban J connectivity index is 1.25. The van der Waals surface area contributed by atoms with Crippen molar-refractivity contribution in [1.29, 1.82) is 0 Å². The van der Waals surface area contributed by atoms with Gasteiger partial charge < -0.3 is 69.0 Å². The van der Waals surface area contributed by atoms with Crippen molar-refractivity contribution in [2.45, 2.75) is 205 Å². The van der Waals surface area contributed by atoms with Crippen LogP contribution in [-0.2, 0) is 54.2 Å². The van der Waals surface area contributed by atoms with E-state index in [0.29, 0.717) is 81.4 Å². The Morgan fingerprint density at radius 2 is 1.57 bits per heavy atom. The molecule has 3 saturated heterocycles. The molecule has 2 amide bonds. The van der Waals surface area contributed by atoms with Crippen LogP contribution in [0.1, 0.15) is 143 Å². The van der Waals surface area contributed by atoms with Crippen LogP contribution in [0.5, 0.6) is 0 Å². The second kappa shape index (κ2) is 32.7. The number of rotatable bonds is 12. The molecule has 466 valence electrons. The van der Waals surface area contributed by atoms with E-state index in [1.54, 1.807) is 53.5 Å². The van der Waals surface area contributed by atoms with Gasteiger partial charge in [0.25, 0.3) is 17.6 Å². The number of carbonyl (C=O) groups is 4. The quantitative estimate of drug-likeness (QED) is 0.0737. The van der Waals surface area contributed by atoms with Crippen molar-refractivity contribution in [2.24, 2.45) is 34.7 Å². The number of piperazine rings is 1. The van der Waals surface area contributed by atoms with Gasteiger partial charge in [0.05, 0.1) is 36.2 Å². The van der Waals surface area contributed by atoms with E-state index in [-0.39, 0.29) is 49.8 Å². The lowest BCUT2D eigenvalue weighted by Crippen LogP contribution is -2.60. The number of ether oxygens (including phenoxy) is 5. The van der Waals surface area contributed by atoms with Gasteiger partial charge in [-0.05, 0) is 127 Å². The van der Waals surface area contributed by atoms with Gasteiger partial charge in [0.15, 0.2) is 6.61 Å². The van der Waals surface area contributed by atoms with Gasteiger partial charge in [-0.15, -0.1) is 0 Å². The summed E-state index contributed by atoms with van der Waals surface area (Å²) >= 11 is 0. The number of ketones is 1. The molecule has 1 aromatic heterocycles. The lowest BCUT2D eigenvalue weighted by Gasteiger charge is -2.42. The number of Topliss-reactive ketones (excluding diaryl/α,β-unsaturated/α-hetero) is 1. The first-order chi connectivity index (χ1) is 39.6. The Morgan fingerprint density at radius 1 is 0.831 bits per heavy atom. The Morgan fingerprint density at radius 3 is 2.27 bits per heavy atom. The second-order valence-electron chi connectivity index (χ2n) is 24.5. The van der Waals surface area contributed by atoms with Gasteiger partial charge in [0.2, 0.25) is 11.7 Å². The first-order valence-corrected chi connectivity index (χ1v) is 30.5. The zero-order valence-electron chi connectivity index (χ0n) is 51.2. The zero-order chi connectivity index (χ0) is 60.4. The molecule has 5 heterocycles. The maximum absolute atomic E-state index is 14.5. The fraction of sp³-hybridized carbons (Fsp3) is 0.758. The van der Waals surface area contributed by atoms with Crippen molar-refractivity contribution >= 4 is 35.2 Å². The summed E-state index contributed by atoms with van der Waals surface area (Å²) in [6.07, 6.45) is 12.8. The molecule has 1 aliphatic carbocycles. The molecule has 0 unspecified atom stereocenters. The van der Waals surface area contributed by atoms with Crippen molar-refractivity contribution in [3.63, 3.8) is 0 Å². The Kier molecular flexibility index (Phi) is 26.6. The van der Waals surface area contributed by atoms with Crippen molar-refractivity contribution in [3.8, 4) is 0 Å². The first-order valence-electron chi connectivity index (χ1n) is 30.5. The number of aromatic nitrogens is 2. The van der Waals surface area contributed by atoms with E-state index in [0.717, 1.165) is 56.6 Å². The third kappa shape index (κ3) is 19.1. The summed E-state index contributed by atoms with van der Waals surface area (Å²) in [4.78, 5) is 76.8. The van der Waals surface area contributed by atoms with Gasteiger partial charge in [-0.1, -0.05) is 57.2 Å². The number of allylic oxidation sites excluding steroid dienone is 3. The molecule has 4 aliphatic heterocycles. The number of oxime groups is 1. The van der Waals surface area contributed by atoms with Crippen LogP contribution in [0.25, 0.3) is 0 Å². The lowest BCUT2D eigenvalue weighted by atomic mass is 9.81. The van der Waals surface area contributed by atoms with Crippen LogP contribution in [0.3, 0.4) is 0 Å². The number of piperidine rings is 1. The Labute approximate surface area is 492 Å². The summed E-state index contributed by atoms with van der Waals surface area (Å²) in [7, 11) is 6.74. The molecule has 0 aromatic carbocycles. The molecule has 4 fully saturated rings. The fourth-order valence-corrected chi connectivity index (χ4v) is 12.4. The molecule has 15 atom stereocenters. The number of likely N-dealkylation sites (N-methyl/N-ethyl adjacent to an activating group) is 1. The highest BCUT2D eigenvalue weighted by Gasteiger charge is 2.53. The van der Waals surface area contributed by atoms with E-state index in [2.05, 4.69) is 50.3 Å². The van der Waals surface area contributed by atoms with E-state index < -0.39 is 96.6 Å². The summed E-state index contributed by atoms with van der Waals surface area (Å²) in [6.45, 7) is 14.7. The molecule has 6 rings (SSSR count). The number of carbonyl (C=O) groups excluding carboxylic acids is 4. The van der Waals surface area contributed by atoms with Crippen molar-refractivity contribution < 1.29 is 68.1 Å². The highest BCUT2D eigenvalue weighted by atomic mass is 16.6. The molecule has 1 aromatic rings. The Hall–Kier alpha value is -4.71. The summed E-state index contributed by atoms with van der Waals surface area (Å²) in [5.41, 5.74) is 2.52. The molecular formula is C62H99N7O14. The average Bonchev–Trinajstić information content (AvgIpc) is 3.67. The van der Waals surface area contributed by atoms with Crippen LogP contribution in [0.15, 0.2) is 53.0 Å². The van der Waals surface area contributed by atoms with E-state index >= 15 is 0 Å². The summed E-state index contributed by atoms with van der Waals surface area (Å²) in [6, 6.07) is -1.12. The molecule has 1 saturated carbocycles. The second-order valence-corrected chi connectivity index (χ2v) is 24.5. The van der Waals surface area contributed by atoms with E-state index in [9.17, 15) is 39.6 Å². The van der Waals surface area contributed by atoms with Crippen LogP contribution in [0, 0.1) is 29.6 Å². The number of anilines is 1. The summed E-state index contributed by atoms with van der Waals surface area (Å²) < 4.78 is 30.1. The van der Waals surface area contributed by atoms with Gasteiger partial charge in [0.1, 0.15) is 24.4 Å².